The van der Waals surface area contributed by atoms with Gasteiger partial charge in [0, 0.05) is 20.0 Å². The number of anilines is 1. The number of methoxy groups -OCH3 is 1. The van der Waals surface area contributed by atoms with Crippen molar-refractivity contribution in [3.63, 3.8) is 0 Å². The molecule has 0 aromatic carbocycles. The molecule has 3 rings (SSSR count). The summed E-state index contributed by atoms with van der Waals surface area (Å²) in [7, 11) is 3.29. The number of nitro groups is 1. The maximum atomic E-state index is 11.5. The lowest BCUT2D eigenvalue weighted by molar-refractivity contribution is -0.384. The van der Waals surface area contributed by atoms with Gasteiger partial charge >= 0.3 is 5.69 Å². The van der Waals surface area contributed by atoms with E-state index in [2.05, 4.69) is 15.1 Å². The third-order valence-electron chi connectivity index (χ3n) is 4.04. The van der Waals surface area contributed by atoms with Gasteiger partial charge in [-0.3, -0.25) is 10.1 Å². The SMILES string of the molecule is CCc1nn(C)c(N2CCc3ncnc(OC)c3C2)c1[N+](=O)[O-]. The summed E-state index contributed by atoms with van der Waals surface area (Å²) < 4.78 is 6.88. The fraction of sp³-hybridized carbons (Fsp3) is 0.500. The molecule has 0 bridgehead atoms. The van der Waals surface area contributed by atoms with Crippen molar-refractivity contribution in [2.75, 3.05) is 18.6 Å². The molecular formula is C14H18N6O3. The van der Waals surface area contributed by atoms with Crippen molar-refractivity contribution >= 4 is 11.5 Å². The Morgan fingerprint density at radius 3 is 2.87 bits per heavy atom. The zero-order valence-corrected chi connectivity index (χ0v) is 13.3. The van der Waals surface area contributed by atoms with Gasteiger partial charge in [-0.2, -0.15) is 5.10 Å². The number of aromatic nitrogens is 4. The van der Waals surface area contributed by atoms with Crippen molar-refractivity contribution < 1.29 is 9.66 Å². The normalized spacial score (nSPS) is 13.8. The summed E-state index contributed by atoms with van der Waals surface area (Å²) in [6.07, 6.45) is 2.67. The van der Waals surface area contributed by atoms with Gasteiger partial charge in [0.15, 0.2) is 0 Å². The average molecular weight is 318 g/mol. The first-order chi connectivity index (χ1) is 11.1. The number of hydrogen-bond donors (Lipinski definition) is 0. The van der Waals surface area contributed by atoms with Crippen molar-refractivity contribution in [2.24, 2.45) is 7.05 Å². The third kappa shape index (κ3) is 2.47. The standard InChI is InChI=1S/C14H18N6O3/c1-4-10-12(20(21)22)14(18(2)17-10)19-6-5-11-9(7-19)13(23-3)16-8-15-11/h8H,4-7H2,1-3H3. The van der Waals surface area contributed by atoms with Crippen LogP contribution in [0.4, 0.5) is 11.5 Å². The molecule has 2 aromatic rings. The highest BCUT2D eigenvalue weighted by molar-refractivity contribution is 5.62. The predicted octanol–water partition coefficient (Wildman–Crippen LogP) is 1.25. The van der Waals surface area contributed by atoms with Gasteiger partial charge in [-0.1, -0.05) is 6.92 Å². The van der Waals surface area contributed by atoms with E-state index in [9.17, 15) is 10.1 Å². The summed E-state index contributed by atoms with van der Waals surface area (Å²) in [5, 5.41) is 15.8. The van der Waals surface area contributed by atoms with Gasteiger partial charge in [-0.25, -0.2) is 14.6 Å². The molecule has 0 fully saturated rings. The Labute approximate surface area is 133 Å². The van der Waals surface area contributed by atoms with Crippen LogP contribution in [0, 0.1) is 10.1 Å². The molecule has 0 saturated carbocycles. The molecule has 9 heteroatoms. The van der Waals surface area contributed by atoms with Crippen molar-refractivity contribution in [1.29, 1.82) is 0 Å². The highest BCUT2D eigenvalue weighted by atomic mass is 16.6. The maximum absolute atomic E-state index is 11.5. The second kappa shape index (κ2) is 5.82. The van der Waals surface area contributed by atoms with Gasteiger partial charge in [-0.05, 0) is 6.42 Å². The van der Waals surface area contributed by atoms with Gasteiger partial charge in [-0.15, -0.1) is 0 Å². The maximum Gasteiger partial charge on any atom is 0.334 e. The first-order valence-electron chi connectivity index (χ1n) is 7.38. The second-order valence-corrected chi connectivity index (χ2v) is 5.33. The zero-order chi connectivity index (χ0) is 16.6. The zero-order valence-electron chi connectivity index (χ0n) is 13.3. The van der Waals surface area contributed by atoms with Gasteiger partial charge in [0.2, 0.25) is 11.7 Å². The molecule has 1 aliphatic heterocycles. The van der Waals surface area contributed by atoms with Crippen LogP contribution in [0.2, 0.25) is 0 Å². The summed E-state index contributed by atoms with van der Waals surface area (Å²) in [6.45, 7) is 2.96. The van der Waals surface area contributed by atoms with Crippen molar-refractivity contribution in [3.05, 3.63) is 33.4 Å². The van der Waals surface area contributed by atoms with Crippen LogP contribution in [0.3, 0.4) is 0 Å². The topological polar surface area (TPSA) is 99.2 Å². The fourth-order valence-corrected chi connectivity index (χ4v) is 3.01. The number of nitrogens with zero attached hydrogens (tertiary/aromatic N) is 6. The summed E-state index contributed by atoms with van der Waals surface area (Å²) >= 11 is 0. The molecule has 0 radical (unpaired) electrons. The van der Waals surface area contributed by atoms with Crippen LogP contribution in [0.15, 0.2) is 6.33 Å². The van der Waals surface area contributed by atoms with E-state index < -0.39 is 0 Å². The average Bonchev–Trinajstić information content (AvgIpc) is 2.90. The largest absolute Gasteiger partial charge is 0.481 e. The lowest BCUT2D eigenvalue weighted by Gasteiger charge is -2.29. The lowest BCUT2D eigenvalue weighted by Crippen LogP contribution is -2.33. The first kappa shape index (κ1) is 15.2. The Morgan fingerprint density at radius 1 is 1.43 bits per heavy atom. The summed E-state index contributed by atoms with van der Waals surface area (Å²) in [6, 6.07) is 0. The number of aryl methyl sites for hydroxylation is 2. The van der Waals surface area contributed by atoms with Crippen LogP contribution in [0.5, 0.6) is 5.88 Å². The van der Waals surface area contributed by atoms with Crippen molar-refractivity contribution in [3.8, 4) is 5.88 Å². The molecule has 0 unspecified atom stereocenters. The fourth-order valence-electron chi connectivity index (χ4n) is 3.01. The number of hydrogen-bond acceptors (Lipinski definition) is 7. The summed E-state index contributed by atoms with van der Waals surface area (Å²) in [4.78, 5) is 21.5. The van der Waals surface area contributed by atoms with Crippen LogP contribution in [-0.2, 0) is 26.4 Å². The first-order valence-corrected chi connectivity index (χ1v) is 7.38. The van der Waals surface area contributed by atoms with Crippen molar-refractivity contribution in [1.82, 2.24) is 19.7 Å². The molecule has 0 amide bonds. The number of ether oxygens (including phenoxy) is 1. The molecule has 0 spiro atoms. The summed E-state index contributed by atoms with van der Waals surface area (Å²) in [5.74, 6) is 1.03. The number of fused-ring (bicyclic) bond motifs is 1. The van der Waals surface area contributed by atoms with Gasteiger partial charge < -0.3 is 9.64 Å². The van der Waals surface area contributed by atoms with Crippen LogP contribution in [-0.4, -0.2) is 38.3 Å². The van der Waals surface area contributed by atoms with Crippen LogP contribution in [0.25, 0.3) is 0 Å². The Balaban J connectivity index is 2.05. The minimum atomic E-state index is -0.352. The Morgan fingerprint density at radius 2 is 2.22 bits per heavy atom. The molecule has 1 aliphatic rings. The number of rotatable bonds is 4. The minimum absolute atomic E-state index is 0.0780. The molecule has 2 aromatic heterocycles. The third-order valence-corrected chi connectivity index (χ3v) is 4.04. The molecular weight excluding hydrogens is 300 g/mol. The van der Waals surface area contributed by atoms with E-state index in [0.29, 0.717) is 43.3 Å². The molecule has 0 atom stereocenters. The highest BCUT2D eigenvalue weighted by Gasteiger charge is 2.32. The molecule has 122 valence electrons. The second-order valence-electron chi connectivity index (χ2n) is 5.33. The van der Waals surface area contributed by atoms with Gasteiger partial charge in [0.25, 0.3) is 0 Å². The van der Waals surface area contributed by atoms with Crippen LogP contribution in [0.1, 0.15) is 23.9 Å². The highest BCUT2D eigenvalue weighted by Crippen LogP contribution is 2.35. The molecule has 0 N–H and O–H groups in total. The molecule has 9 nitrogen and oxygen atoms in total. The monoisotopic (exact) mass is 318 g/mol. The van der Waals surface area contributed by atoms with E-state index in [4.69, 9.17) is 4.74 Å². The predicted molar refractivity (Wildman–Crippen MR) is 82.6 cm³/mol. The van der Waals surface area contributed by atoms with Crippen molar-refractivity contribution in [2.45, 2.75) is 26.3 Å². The van der Waals surface area contributed by atoms with E-state index in [1.54, 1.807) is 18.8 Å². The molecule has 0 aliphatic carbocycles. The quantitative estimate of drug-likeness (QED) is 0.618. The van der Waals surface area contributed by atoms with E-state index in [1.165, 1.54) is 6.33 Å². The Kier molecular flexibility index (Phi) is 3.85. The van der Waals surface area contributed by atoms with Gasteiger partial charge in [0.05, 0.1) is 29.8 Å². The van der Waals surface area contributed by atoms with E-state index in [-0.39, 0.29) is 10.6 Å². The van der Waals surface area contributed by atoms with Gasteiger partial charge in [0.1, 0.15) is 12.0 Å². The lowest BCUT2D eigenvalue weighted by atomic mass is 10.1. The Bertz CT molecular complexity index is 743. The molecule has 23 heavy (non-hydrogen) atoms. The Hall–Kier alpha value is -2.71. The summed E-state index contributed by atoms with van der Waals surface area (Å²) in [5.41, 5.74) is 2.37. The minimum Gasteiger partial charge on any atom is -0.481 e. The smallest absolute Gasteiger partial charge is 0.334 e. The van der Waals surface area contributed by atoms with E-state index >= 15 is 0 Å². The van der Waals surface area contributed by atoms with Crippen LogP contribution < -0.4 is 9.64 Å². The van der Waals surface area contributed by atoms with E-state index in [1.807, 2.05) is 11.8 Å². The van der Waals surface area contributed by atoms with Crippen LogP contribution >= 0.6 is 0 Å². The van der Waals surface area contributed by atoms with E-state index in [0.717, 1.165) is 11.3 Å². The molecule has 3 heterocycles. The molecule has 0 saturated heterocycles.